The fraction of sp³-hybridized carbons (Fsp3) is 0.588. The Hall–Kier alpha value is -1.15. The SMILES string of the molecule is CC1CNCC(=NC(C)(C)c2ccccc2)CC1C. The minimum Gasteiger partial charge on any atom is -0.311 e. The zero-order valence-electron chi connectivity index (χ0n) is 12.6. The molecule has 0 bridgehead atoms. The minimum absolute atomic E-state index is 0.133. The first-order valence-corrected chi connectivity index (χ1v) is 7.33. The normalized spacial score (nSPS) is 27.3. The maximum Gasteiger partial charge on any atom is 0.0800 e. The Bertz CT molecular complexity index is 434. The summed E-state index contributed by atoms with van der Waals surface area (Å²) in [7, 11) is 0. The summed E-state index contributed by atoms with van der Waals surface area (Å²) >= 11 is 0. The molecule has 1 aliphatic heterocycles. The molecule has 0 saturated carbocycles. The van der Waals surface area contributed by atoms with Crippen molar-refractivity contribution < 1.29 is 0 Å². The lowest BCUT2D eigenvalue weighted by Gasteiger charge is -2.23. The lowest BCUT2D eigenvalue weighted by Crippen LogP contribution is -2.25. The summed E-state index contributed by atoms with van der Waals surface area (Å²) in [4.78, 5) is 5.04. The lowest BCUT2D eigenvalue weighted by molar-refractivity contribution is 0.398. The molecule has 1 aromatic rings. The summed E-state index contributed by atoms with van der Waals surface area (Å²) in [5, 5.41) is 3.52. The van der Waals surface area contributed by atoms with Crippen molar-refractivity contribution in [1.82, 2.24) is 5.32 Å². The van der Waals surface area contributed by atoms with E-state index in [4.69, 9.17) is 4.99 Å². The van der Waals surface area contributed by atoms with Gasteiger partial charge in [0.05, 0.1) is 5.54 Å². The van der Waals surface area contributed by atoms with Gasteiger partial charge in [0.25, 0.3) is 0 Å². The van der Waals surface area contributed by atoms with E-state index in [9.17, 15) is 0 Å². The summed E-state index contributed by atoms with van der Waals surface area (Å²) in [6.45, 7) is 11.1. The van der Waals surface area contributed by atoms with E-state index in [-0.39, 0.29) is 5.54 Å². The van der Waals surface area contributed by atoms with Gasteiger partial charge in [-0.15, -0.1) is 0 Å². The molecule has 0 aliphatic carbocycles. The highest BCUT2D eigenvalue weighted by Crippen LogP contribution is 2.26. The molecule has 2 heteroatoms. The zero-order valence-corrected chi connectivity index (χ0v) is 12.6. The van der Waals surface area contributed by atoms with Gasteiger partial charge in [0.2, 0.25) is 0 Å². The van der Waals surface area contributed by atoms with E-state index in [0.29, 0.717) is 5.92 Å². The quantitative estimate of drug-likeness (QED) is 0.860. The van der Waals surface area contributed by atoms with Crippen molar-refractivity contribution in [3.05, 3.63) is 35.9 Å². The molecule has 0 aromatic heterocycles. The molecule has 1 fully saturated rings. The average molecular weight is 258 g/mol. The number of hydrogen-bond donors (Lipinski definition) is 1. The molecule has 19 heavy (non-hydrogen) atoms. The van der Waals surface area contributed by atoms with E-state index in [1.807, 2.05) is 0 Å². The van der Waals surface area contributed by atoms with Gasteiger partial charge < -0.3 is 5.32 Å². The van der Waals surface area contributed by atoms with Crippen LogP contribution in [-0.4, -0.2) is 18.8 Å². The predicted molar refractivity (Wildman–Crippen MR) is 82.7 cm³/mol. The fourth-order valence-electron chi connectivity index (χ4n) is 2.68. The van der Waals surface area contributed by atoms with Crippen LogP contribution in [0.5, 0.6) is 0 Å². The Morgan fingerprint density at radius 1 is 1.11 bits per heavy atom. The number of rotatable bonds is 2. The Balaban J connectivity index is 2.19. The van der Waals surface area contributed by atoms with Crippen LogP contribution in [0.2, 0.25) is 0 Å². The average Bonchev–Trinajstić information content (AvgIpc) is 2.52. The standard InChI is InChI=1S/C17H26N2/c1-13-10-16(12-18-11-14(13)2)19-17(3,4)15-8-6-5-7-9-15/h5-9,13-14,18H,10-12H2,1-4H3. The third-order valence-electron chi connectivity index (χ3n) is 4.24. The van der Waals surface area contributed by atoms with E-state index >= 15 is 0 Å². The molecule has 1 aliphatic rings. The summed E-state index contributed by atoms with van der Waals surface area (Å²) in [5.41, 5.74) is 2.46. The molecule has 104 valence electrons. The van der Waals surface area contributed by atoms with Crippen molar-refractivity contribution in [3.63, 3.8) is 0 Å². The molecule has 2 unspecified atom stereocenters. The second-order valence-corrected chi connectivity index (χ2v) is 6.39. The van der Waals surface area contributed by atoms with Crippen molar-refractivity contribution in [3.8, 4) is 0 Å². The number of nitrogens with one attached hydrogen (secondary N) is 1. The molecule has 1 saturated heterocycles. The van der Waals surface area contributed by atoms with Gasteiger partial charge in [0, 0.05) is 12.3 Å². The van der Waals surface area contributed by atoms with Crippen molar-refractivity contribution >= 4 is 5.71 Å². The molecular formula is C17H26N2. The Labute approximate surface area is 117 Å². The first kappa shape index (κ1) is 14.3. The van der Waals surface area contributed by atoms with Crippen LogP contribution >= 0.6 is 0 Å². The maximum atomic E-state index is 5.04. The van der Waals surface area contributed by atoms with E-state index in [1.165, 1.54) is 11.3 Å². The number of benzene rings is 1. The van der Waals surface area contributed by atoms with Crippen LogP contribution in [0.15, 0.2) is 35.3 Å². The molecule has 0 amide bonds. The van der Waals surface area contributed by atoms with Gasteiger partial charge in [-0.1, -0.05) is 44.2 Å². The minimum atomic E-state index is -0.133. The van der Waals surface area contributed by atoms with Crippen LogP contribution < -0.4 is 5.32 Å². The highest BCUT2D eigenvalue weighted by molar-refractivity contribution is 5.87. The second kappa shape index (κ2) is 5.87. The van der Waals surface area contributed by atoms with Gasteiger partial charge in [-0.25, -0.2) is 0 Å². The first-order valence-electron chi connectivity index (χ1n) is 7.33. The van der Waals surface area contributed by atoms with Crippen molar-refractivity contribution in [2.24, 2.45) is 16.8 Å². The Morgan fingerprint density at radius 3 is 2.47 bits per heavy atom. The van der Waals surface area contributed by atoms with Gasteiger partial charge in [0.1, 0.15) is 0 Å². The lowest BCUT2D eigenvalue weighted by atomic mass is 9.91. The molecule has 2 rings (SSSR count). The van der Waals surface area contributed by atoms with Gasteiger partial charge in [-0.05, 0) is 44.2 Å². The van der Waals surface area contributed by atoms with Gasteiger partial charge in [-0.3, -0.25) is 4.99 Å². The van der Waals surface area contributed by atoms with Crippen LogP contribution in [0.25, 0.3) is 0 Å². The van der Waals surface area contributed by atoms with Gasteiger partial charge in [-0.2, -0.15) is 0 Å². The van der Waals surface area contributed by atoms with E-state index in [2.05, 4.69) is 63.3 Å². The van der Waals surface area contributed by atoms with Crippen LogP contribution in [0.1, 0.15) is 39.7 Å². The van der Waals surface area contributed by atoms with Crippen molar-refractivity contribution in [1.29, 1.82) is 0 Å². The second-order valence-electron chi connectivity index (χ2n) is 6.39. The molecule has 1 N–H and O–H groups in total. The molecule has 1 heterocycles. The summed E-state index contributed by atoms with van der Waals surface area (Å²) in [6.07, 6.45) is 1.12. The molecule has 0 radical (unpaired) electrons. The highest BCUT2D eigenvalue weighted by Gasteiger charge is 2.23. The van der Waals surface area contributed by atoms with Crippen molar-refractivity contribution in [2.45, 2.75) is 39.7 Å². The maximum absolute atomic E-state index is 5.04. The molecule has 2 nitrogen and oxygen atoms in total. The van der Waals surface area contributed by atoms with Gasteiger partial charge in [0.15, 0.2) is 0 Å². The van der Waals surface area contributed by atoms with Crippen LogP contribution in [0.3, 0.4) is 0 Å². The number of hydrogen-bond acceptors (Lipinski definition) is 2. The van der Waals surface area contributed by atoms with E-state index in [1.54, 1.807) is 0 Å². The van der Waals surface area contributed by atoms with Crippen LogP contribution in [0, 0.1) is 11.8 Å². The third kappa shape index (κ3) is 3.66. The molecule has 0 spiro atoms. The van der Waals surface area contributed by atoms with Crippen molar-refractivity contribution in [2.75, 3.05) is 13.1 Å². The van der Waals surface area contributed by atoms with E-state index in [0.717, 1.165) is 25.4 Å². The highest BCUT2D eigenvalue weighted by atomic mass is 14.9. The summed E-state index contributed by atoms with van der Waals surface area (Å²) in [5.74, 6) is 1.44. The fourth-order valence-corrected chi connectivity index (χ4v) is 2.68. The molecule has 2 atom stereocenters. The Kier molecular flexibility index (Phi) is 4.41. The topological polar surface area (TPSA) is 24.4 Å². The summed E-state index contributed by atoms with van der Waals surface area (Å²) < 4.78 is 0. The first-order chi connectivity index (χ1) is 8.99. The molecular weight excluding hydrogens is 232 g/mol. The zero-order chi connectivity index (χ0) is 13.9. The number of aliphatic imine (C=N–C) groups is 1. The smallest absolute Gasteiger partial charge is 0.0800 e. The molecule has 1 aromatic carbocycles. The monoisotopic (exact) mass is 258 g/mol. The number of nitrogens with zero attached hydrogens (tertiary/aromatic N) is 1. The van der Waals surface area contributed by atoms with Crippen LogP contribution in [0.4, 0.5) is 0 Å². The third-order valence-corrected chi connectivity index (χ3v) is 4.24. The Morgan fingerprint density at radius 2 is 1.79 bits per heavy atom. The van der Waals surface area contributed by atoms with Gasteiger partial charge >= 0.3 is 0 Å². The van der Waals surface area contributed by atoms with Crippen LogP contribution in [-0.2, 0) is 5.54 Å². The summed E-state index contributed by atoms with van der Waals surface area (Å²) in [6, 6.07) is 10.6. The van der Waals surface area contributed by atoms with E-state index < -0.39 is 0 Å². The predicted octanol–water partition coefficient (Wildman–Crippen LogP) is 3.63. The largest absolute Gasteiger partial charge is 0.311 e.